The van der Waals surface area contributed by atoms with E-state index < -0.39 is 23.8 Å². The first-order valence-corrected chi connectivity index (χ1v) is 11.8. The van der Waals surface area contributed by atoms with Crippen molar-refractivity contribution in [3.05, 3.63) is 121 Å². The molecule has 10 heteroatoms. The molecule has 4 aromatic rings. The van der Waals surface area contributed by atoms with Gasteiger partial charge in [0.1, 0.15) is 18.2 Å². The topological polar surface area (TPSA) is 131 Å². The maximum Gasteiger partial charge on any atom is 0.330 e. The van der Waals surface area contributed by atoms with Crippen LogP contribution < -0.4 is 26.6 Å². The second kappa shape index (κ2) is 11.6. The van der Waals surface area contributed by atoms with Gasteiger partial charge >= 0.3 is 5.69 Å². The number of carbonyl (C=O) groups excluding carboxylic acids is 1. The van der Waals surface area contributed by atoms with Gasteiger partial charge in [0.2, 0.25) is 0 Å². The van der Waals surface area contributed by atoms with E-state index in [0.29, 0.717) is 5.02 Å². The normalized spacial score (nSPS) is 10.8. The molecule has 190 valence electrons. The predicted molar refractivity (Wildman–Crippen MR) is 142 cm³/mol. The number of H-pyrrole nitrogens is 1. The summed E-state index contributed by atoms with van der Waals surface area (Å²) in [6.45, 7) is -0.512. The maximum atomic E-state index is 13.7. The number of benzene rings is 3. The van der Waals surface area contributed by atoms with Crippen molar-refractivity contribution in [2.45, 2.75) is 13.2 Å². The Labute approximate surface area is 217 Å². The van der Waals surface area contributed by atoms with E-state index in [9.17, 15) is 19.5 Å². The van der Waals surface area contributed by atoms with E-state index in [4.69, 9.17) is 22.1 Å². The lowest BCUT2D eigenvalue weighted by Gasteiger charge is -2.25. The number of amides is 1. The molecule has 0 unspecified atom stereocenters. The average molecular weight is 521 g/mol. The first-order chi connectivity index (χ1) is 17.9. The van der Waals surface area contributed by atoms with Crippen LogP contribution in [0.1, 0.15) is 21.5 Å². The summed E-state index contributed by atoms with van der Waals surface area (Å²) in [5, 5.41) is 10.2. The molecular formula is C27H25ClN4O5. The van der Waals surface area contributed by atoms with Gasteiger partial charge in [-0.3, -0.25) is 24.0 Å². The molecule has 4 N–H and O–H groups in total. The Morgan fingerprint density at radius 1 is 1.00 bits per heavy atom. The summed E-state index contributed by atoms with van der Waals surface area (Å²) in [6, 6.07) is 22.7. The van der Waals surface area contributed by atoms with Gasteiger partial charge in [0, 0.05) is 17.1 Å². The Balaban J connectivity index is 1.71. The van der Waals surface area contributed by atoms with Crippen LogP contribution in [0.2, 0.25) is 5.02 Å². The fraction of sp³-hybridized carbons (Fsp3) is 0.148. The molecule has 1 amide bonds. The van der Waals surface area contributed by atoms with E-state index >= 15 is 0 Å². The first kappa shape index (κ1) is 25.7. The van der Waals surface area contributed by atoms with Gasteiger partial charge in [-0.25, -0.2) is 4.79 Å². The van der Waals surface area contributed by atoms with Gasteiger partial charge in [-0.2, -0.15) is 0 Å². The molecule has 0 atom stereocenters. The van der Waals surface area contributed by atoms with Crippen LogP contribution in [0.25, 0.3) is 0 Å². The minimum atomic E-state index is -0.844. The monoisotopic (exact) mass is 520 g/mol. The number of nitrogens with zero attached hydrogens (tertiary/aromatic N) is 2. The Morgan fingerprint density at radius 2 is 1.68 bits per heavy atom. The zero-order chi connectivity index (χ0) is 26.4. The summed E-state index contributed by atoms with van der Waals surface area (Å²) < 4.78 is 7.08. The number of aromatic amines is 1. The van der Waals surface area contributed by atoms with Crippen LogP contribution in [0, 0.1) is 0 Å². The molecule has 0 aliphatic carbocycles. The van der Waals surface area contributed by atoms with Crippen LogP contribution in [-0.2, 0) is 13.2 Å². The summed E-state index contributed by atoms with van der Waals surface area (Å²) in [6.07, 6.45) is 0. The molecule has 3 aromatic carbocycles. The Kier molecular flexibility index (Phi) is 8.07. The van der Waals surface area contributed by atoms with Crippen molar-refractivity contribution in [1.29, 1.82) is 0 Å². The average Bonchev–Trinajstić information content (AvgIpc) is 2.90. The lowest BCUT2D eigenvalue weighted by Crippen LogP contribution is -2.42. The fourth-order valence-electron chi connectivity index (χ4n) is 3.86. The van der Waals surface area contributed by atoms with E-state index in [1.807, 2.05) is 24.3 Å². The highest BCUT2D eigenvalue weighted by Gasteiger charge is 2.27. The largest absolute Gasteiger partial charge is 0.488 e. The van der Waals surface area contributed by atoms with E-state index in [1.54, 1.807) is 54.6 Å². The lowest BCUT2D eigenvalue weighted by molar-refractivity contribution is 0.0976. The molecule has 1 heterocycles. The quantitative estimate of drug-likeness (QED) is 0.311. The number of nitrogens with two attached hydrogens (primary N) is 1. The summed E-state index contributed by atoms with van der Waals surface area (Å²) in [7, 11) is 0. The molecule has 0 fully saturated rings. The number of aliphatic hydroxyl groups excluding tert-OH is 1. The van der Waals surface area contributed by atoms with Crippen molar-refractivity contribution < 1.29 is 14.6 Å². The molecule has 0 aliphatic heterocycles. The number of nitrogen functional groups attached to an aromatic ring is 1. The highest BCUT2D eigenvalue weighted by atomic mass is 35.5. The van der Waals surface area contributed by atoms with Crippen molar-refractivity contribution in [3.8, 4) is 5.75 Å². The molecule has 0 bridgehead atoms. The maximum absolute atomic E-state index is 13.7. The Hall–Kier alpha value is -4.34. The van der Waals surface area contributed by atoms with E-state index in [1.165, 1.54) is 4.57 Å². The molecule has 0 radical (unpaired) electrons. The minimum Gasteiger partial charge on any atom is -0.488 e. The number of halogens is 1. The van der Waals surface area contributed by atoms with Crippen molar-refractivity contribution in [3.63, 3.8) is 0 Å². The summed E-state index contributed by atoms with van der Waals surface area (Å²) in [5.74, 6) is -0.581. The first-order valence-electron chi connectivity index (χ1n) is 11.4. The van der Waals surface area contributed by atoms with Gasteiger partial charge in [0.25, 0.3) is 11.5 Å². The number of para-hydroxylation sites is 1. The Bertz CT molecular complexity index is 1520. The second-order valence-electron chi connectivity index (χ2n) is 8.12. The van der Waals surface area contributed by atoms with Gasteiger partial charge in [0.15, 0.2) is 5.69 Å². The third-order valence-electron chi connectivity index (χ3n) is 5.69. The number of aromatic nitrogens is 2. The summed E-state index contributed by atoms with van der Waals surface area (Å²) in [5.41, 5.74) is 6.13. The molecule has 0 saturated carbocycles. The van der Waals surface area contributed by atoms with Crippen molar-refractivity contribution in [2.24, 2.45) is 0 Å². The van der Waals surface area contributed by atoms with E-state index in [2.05, 4.69) is 4.98 Å². The SMILES string of the molecule is Nc1c(N(CCO)C(=O)c2ccccc2OCc2ccccc2Cl)c(=O)[nH]c(=O)n1Cc1ccccc1. The standard InChI is InChI=1S/C27H25ClN4O5/c28-21-12-6-4-10-19(21)17-37-22-13-7-5-11-20(22)26(35)31(14-15-33)23-24(29)32(27(36)30-25(23)34)16-18-8-2-1-3-9-18/h1-13,33H,14-17,29H2,(H,30,34,36). The van der Waals surface area contributed by atoms with Crippen molar-refractivity contribution >= 4 is 29.0 Å². The molecule has 0 saturated heterocycles. The number of nitrogens with one attached hydrogen (secondary N) is 1. The van der Waals surface area contributed by atoms with Gasteiger partial charge in [-0.1, -0.05) is 72.3 Å². The van der Waals surface area contributed by atoms with Gasteiger partial charge < -0.3 is 15.6 Å². The third kappa shape index (κ3) is 5.74. The molecular weight excluding hydrogens is 496 g/mol. The number of aliphatic hydroxyl groups is 1. The smallest absolute Gasteiger partial charge is 0.330 e. The van der Waals surface area contributed by atoms with Crippen LogP contribution >= 0.6 is 11.6 Å². The number of carbonyl (C=O) groups is 1. The molecule has 4 rings (SSSR count). The molecule has 0 spiro atoms. The predicted octanol–water partition coefficient (Wildman–Crippen LogP) is 3.04. The van der Waals surface area contributed by atoms with Crippen molar-refractivity contribution in [1.82, 2.24) is 9.55 Å². The van der Waals surface area contributed by atoms with E-state index in [-0.39, 0.29) is 42.5 Å². The zero-order valence-electron chi connectivity index (χ0n) is 19.8. The lowest BCUT2D eigenvalue weighted by atomic mass is 10.1. The summed E-state index contributed by atoms with van der Waals surface area (Å²) >= 11 is 6.22. The van der Waals surface area contributed by atoms with E-state index in [0.717, 1.165) is 16.0 Å². The van der Waals surface area contributed by atoms with Crippen LogP contribution in [0.3, 0.4) is 0 Å². The highest BCUT2D eigenvalue weighted by Crippen LogP contribution is 2.26. The Morgan fingerprint density at radius 3 is 2.41 bits per heavy atom. The van der Waals surface area contributed by atoms with Gasteiger partial charge in [-0.15, -0.1) is 0 Å². The van der Waals surface area contributed by atoms with Crippen LogP contribution in [0.15, 0.2) is 88.5 Å². The summed E-state index contributed by atoms with van der Waals surface area (Å²) in [4.78, 5) is 42.4. The second-order valence-corrected chi connectivity index (χ2v) is 8.53. The van der Waals surface area contributed by atoms with Crippen LogP contribution in [0.4, 0.5) is 11.5 Å². The molecule has 37 heavy (non-hydrogen) atoms. The highest BCUT2D eigenvalue weighted by molar-refractivity contribution is 6.31. The zero-order valence-corrected chi connectivity index (χ0v) is 20.5. The number of anilines is 2. The number of hydrogen-bond acceptors (Lipinski definition) is 6. The minimum absolute atomic E-state index is 0.0774. The third-order valence-corrected chi connectivity index (χ3v) is 6.06. The fourth-order valence-corrected chi connectivity index (χ4v) is 4.05. The van der Waals surface area contributed by atoms with Crippen molar-refractivity contribution in [2.75, 3.05) is 23.8 Å². The molecule has 9 nitrogen and oxygen atoms in total. The van der Waals surface area contributed by atoms with Gasteiger partial charge in [0.05, 0.1) is 18.7 Å². The number of ether oxygens (including phenoxy) is 1. The van der Waals surface area contributed by atoms with Crippen LogP contribution in [-0.4, -0.2) is 33.7 Å². The van der Waals surface area contributed by atoms with Crippen LogP contribution in [0.5, 0.6) is 5.75 Å². The van der Waals surface area contributed by atoms with Gasteiger partial charge in [-0.05, 0) is 23.8 Å². The molecule has 0 aliphatic rings. The number of rotatable bonds is 9. The number of hydrogen-bond donors (Lipinski definition) is 3. The molecule has 1 aromatic heterocycles.